The van der Waals surface area contributed by atoms with E-state index in [0.29, 0.717) is 11.7 Å². The molecule has 0 bridgehead atoms. The molecule has 1 heterocycles. The van der Waals surface area contributed by atoms with Gasteiger partial charge in [-0.3, -0.25) is 5.10 Å². The van der Waals surface area contributed by atoms with Gasteiger partial charge in [-0.05, 0) is 36.5 Å². The Labute approximate surface area is 114 Å². The van der Waals surface area contributed by atoms with Crippen molar-refractivity contribution < 1.29 is 4.74 Å². The minimum Gasteiger partial charge on any atom is -0.496 e. The number of ether oxygens (including phenoxy) is 1. The Morgan fingerprint density at radius 2 is 2.00 bits per heavy atom. The van der Waals surface area contributed by atoms with E-state index in [0.717, 1.165) is 29.8 Å². The predicted octanol–water partition coefficient (Wildman–Crippen LogP) is 3.57. The van der Waals surface area contributed by atoms with Crippen molar-refractivity contribution >= 4 is 5.82 Å². The Bertz CT molecular complexity index is 544. The number of aromatic amines is 1. The monoisotopic (exact) mass is 259 g/mol. The number of methoxy groups -OCH3 is 1. The van der Waals surface area contributed by atoms with Gasteiger partial charge in [0.2, 0.25) is 0 Å². The van der Waals surface area contributed by atoms with Gasteiger partial charge >= 0.3 is 0 Å². The van der Waals surface area contributed by atoms with Gasteiger partial charge < -0.3 is 10.5 Å². The summed E-state index contributed by atoms with van der Waals surface area (Å²) in [5, 5.41) is 6.92. The van der Waals surface area contributed by atoms with Crippen molar-refractivity contribution in [1.29, 1.82) is 0 Å². The van der Waals surface area contributed by atoms with Gasteiger partial charge in [0.25, 0.3) is 0 Å². The first-order valence-corrected chi connectivity index (χ1v) is 6.68. The van der Waals surface area contributed by atoms with Crippen LogP contribution in [0.15, 0.2) is 24.3 Å². The summed E-state index contributed by atoms with van der Waals surface area (Å²) in [6.45, 7) is 4.43. The largest absolute Gasteiger partial charge is 0.496 e. The molecule has 4 heteroatoms. The summed E-state index contributed by atoms with van der Waals surface area (Å²) in [7, 11) is 1.68. The van der Waals surface area contributed by atoms with Gasteiger partial charge in [0.1, 0.15) is 11.6 Å². The molecule has 19 heavy (non-hydrogen) atoms. The fourth-order valence-corrected chi connectivity index (χ4v) is 2.43. The van der Waals surface area contributed by atoms with E-state index in [1.165, 1.54) is 5.56 Å². The zero-order valence-electron chi connectivity index (χ0n) is 11.7. The molecular weight excluding hydrogens is 238 g/mol. The minimum absolute atomic E-state index is 0.491. The highest BCUT2D eigenvalue weighted by atomic mass is 16.5. The van der Waals surface area contributed by atoms with Crippen molar-refractivity contribution in [1.82, 2.24) is 10.2 Å². The number of H-pyrrole nitrogens is 1. The lowest BCUT2D eigenvalue weighted by atomic mass is 9.92. The molecule has 0 atom stereocenters. The molecule has 0 fully saturated rings. The molecule has 0 aliphatic heterocycles. The summed E-state index contributed by atoms with van der Waals surface area (Å²) >= 11 is 0. The standard InChI is InChI=1S/C15H21N3O/c1-4-10(5-2)11-6-7-14(19-3)12(8-11)13-9-15(16)18-17-13/h6-10H,4-5H2,1-3H3,(H3,16,17,18). The molecule has 0 unspecified atom stereocenters. The SMILES string of the molecule is CCC(CC)c1ccc(OC)c(-c2cc(N)n[nH]2)c1. The first kappa shape index (κ1) is 13.5. The Morgan fingerprint density at radius 1 is 1.26 bits per heavy atom. The maximum atomic E-state index is 5.67. The predicted molar refractivity (Wildman–Crippen MR) is 78.3 cm³/mol. The van der Waals surface area contributed by atoms with Crippen LogP contribution in [0.25, 0.3) is 11.3 Å². The van der Waals surface area contributed by atoms with Gasteiger partial charge in [-0.2, -0.15) is 5.10 Å². The lowest BCUT2D eigenvalue weighted by molar-refractivity contribution is 0.416. The van der Waals surface area contributed by atoms with E-state index >= 15 is 0 Å². The van der Waals surface area contributed by atoms with Crippen LogP contribution in [0.5, 0.6) is 5.75 Å². The molecule has 0 saturated carbocycles. The molecule has 2 rings (SSSR count). The lowest BCUT2D eigenvalue weighted by Crippen LogP contribution is -1.97. The number of hydrogen-bond acceptors (Lipinski definition) is 3. The minimum atomic E-state index is 0.491. The van der Waals surface area contributed by atoms with Crippen molar-refractivity contribution in [3.63, 3.8) is 0 Å². The molecule has 0 spiro atoms. The third-order valence-corrected chi connectivity index (χ3v) is 3.57. The number of nitrogen functional groups attached to an aromatic ring is 1. The highest BCUT2D eigenvalue weighted by Crippen LogP contribution is 2.34. The Balaban J connectivity index is 2.47. The number of hydrogen-bond donors (Lipinski definition) is 2. The Hall–Kier alpha value is -1.97. The number of anilines is 1. The third kappa shape index (κ3) is 2.72. The van der Waals surface area contributed by atoms with Gasteiger partial charge in [0.05, 0.1) is 12.8 Å². The van der Waals surface area contributed by atoms with Gasteiger partial charge in [-0.25, -0.2) is 0 Å². The summed E-state index contributed by atoms with van der Waals surface area (Å²) in [5.41, 5.74) is 8.90. The van der Waals surface area contributed by atoms with E-state index in [9.17, 15) is 0 Å². The number of nitrogens with one attached hydrogen (secondary N) is 1. The van der Waals surface area contributed by atoms with Crippen molar-refractivity contribution in [2.24, 2.45) is 0 Å². The number of aromatic nitrogens is 2. The van der Waals surface area contributed by atoms with Crippen LogP contribution in [-0.4, -0.2) is 17.3 Å². The van der Waals surface area contributed by atoms with Crippen LogP contribution in [0, 0.1) is 0 Å². The van der Waals surface area contributed by atoms with Crippen LogP contribution in [0.3, 0.4) is 0 Å². The second kappa shape index (κ2) is 5.78. The van der Waals surface area contributed by atoms with E-state index in [-0.39, 0.29) is 0 Å². The molecule has 1 aromatic carbocycles. The highest BCUT2D eigenvalue weighted by molar-refractivity contribution is 5.70. The van der Waals surface area contributed by atoms with E-state index in [4.69, 9.17) is 10.5 Å². The van der Waals surface area contributed by atoms with Crippen molar-refractivity contribution in [2.75, 3.05) is 12.8 Å². The molecule has 102 valence electrons. The van der Waals surface area contributed by atoms with Crippen LogP contribution >= 0.6 is 0 Å². The Kier molecular flexibility index (Phi) is 4.10. The smallest absolute Gasteiger partial charge is 0.145 e. The zero-order chi connectivity index (χ0) is 13.8. The maximum Gasteiger partial charge on any atom is 0.145 e. The third-order valence-electron chi connectivity index (χ3n) is 3.57. The first-order valence-electron chi connectivity index (χ1n) is 6.68. The summed E-state index contributed by atoms with van der Waals surface area (Å²) in [6, 6.07) is 8.15. The first-order chi connectivity index (χ1) is 9.19. The highest BCUT2D eigenvalue weighted by Gasteiger charge is 2.13. The van der Waals surface area contributed by atoms with E-state index in [1.54, 1.807) is 7.11 Å². The fourth-order valence-electron chi connectivity index (χ4n) is 2.43. The molecule has 4 nitrogen and oxygen atoms in total. The molecule has 2 aromatic rings. The molecule has 0 aliphatic rings. The van der Waals surface area contributed by atoms with Gasteiger partial charge in [-0.1, -0.05) is 19.9 Å². The summed E-state index contributed by atoms with van der Waals surface area (Å²) in [4.78, 5) is 0. The van der Waals surface area contributed by atoms with Gasteiger partial charge in [0, 0.05) is 11.6 Å². The quantitative estimate of drug-likeness (QED) is 0.862. The lowest BCUT2D eigenvalue weighted by Gasteiger charge is -2.15. The molecular formula is C15H21N3O. The van der Waals surface area contributed by atoms with Crippen LogP contribution in [0.4, 0.5) is 5.82 Å². The topological polar surface area (TPSA) is 63.9 Å². The molecule has 3 N–H and O–H groups in total. The normalized spacial score (nSPS) is 10.9. The second-order valence-electron chi connectivity index (χ2n) is 4.68. The summed E-state index contributed by atoms with van der Waals surface area (Å²) in [5.74, 6) is 1.90. The van der Waals surface area contributed by atoms with Crippen molar-refractivity contribution in [2.45, 2.75) is 32.6 Å². The molecule has 0 radical (unpaired) electrons. The Morgan fingerprint density at radius 3 is 2.53 bits per heavy atom. The number of nitrogens with two attached hydrogens (primary N) is 1. The second-order valence-corrected chi connectivity index (χ2v) is 4.68. The van der Waals surface area contributed by atoms with Crippen LogP contribution in [-0.2, 0) is 0 Å². The van der Waals surface area contributed by atoms with E-state index < -0.39 is 0 Å². The zero-order valence-corrected chi connectivity index (χ0v) is 11.7. The summed E-state index contributed by atoms with van der Waals surface area (Å²) in [6.07, 6.45) is 2.26. The van der Waals surface area contributed by atoms with Crippen LogP contribution < -0.4 is 10.5 Å². The molecule has 1 aromatic heterocycles. The fraction of sp³-hybridized carbons (Fsp3) is 0.400. The number of nitrogens with zero attached hydrogens (tertiary/aromatic N) is 1. The van der Waals surface area contributed by atoms with E-state index in [1.807, 2.05) is 12.1 Å². The molecule has 0 saturated heterocycles. The van der Waals surface area contributed by atoms with E-state index in [2.05, 4.69) is 36.2 Å². The van der Waals surface area contributed by atoms with Crippen molar-refractivity contribution in [3.8, 4) is 17.0 Å². The number of rotatable bonds is 5. The van der Waals surface area contributed by atoms with Crippen LogP contribution in [0.2, 0.25) is 0 Å². The average Bonchev–Trinajstić information content (AvgIpc) is 2.86. The molecule has 0 aliphatic carbocycles. The number of benzene rings is 1. The molecule has 0 amide bonds. The van der Waals surface area contributed by atoms with Crippen molar-refractivity contribution in [3.05, 3.63) is 29.8 Å². The van der Waals surface area contributed by atoms with Gasteiger partial charge in [0.15, 0.2) is 0 Å². The average molecular weight is 259 g/mol. The maximum absolute atomic E-state index is 5.67. The van der Waals surface area contributed by atoms with Gasteiger partial charge in [-0.15, -0.1) is 0 Å². The summed E-state index contributed by atoms with van der Waals surface area (Å²) < 4.78 is 5.42. The van der Waals surface area contributed by atoms with Crippen LogP contribution in [0.1, 0.15) is 38.2 Å².